The molecule has 0 bridgehead atoms. The second-order valence-corrected chi connectivity index (χ2v) is 6.65. The molecule has 0 saturated heterocycles. The predicted octanol–water partition coefficient (Wildman–Crippen LogP) is 4.83. The van der Waals surface area contributed by atoms with Gasteiger partial charge in [-0.05, 0) is 54.1 Å². The molecular weight excluding hydrogens is 358 g/mol. The van der Waals surface area contributed by atoms with Crippen LogP contribution in [0, 0.1) is 6.92 Å². The summed E-state index contributed by atoms with van der Waals surface area (Å²) in [6.07, 6.45) is 0. The van der Waals surface area contributed by atoms with Crippen LogP contribution in [0.1, 0.15) is 21.7 Å². The number of nitrogens with one attached hydrogen (secondary N) is 1. The molecule has 1 N–H and O–H groups in total. The van der Waals surface area contributed by atoms with E-state index in [0.717, 1.165) is 27.8 Å². The Kier molecular flexibility index (Phi) is 4.80. The van der Waals surface area contributed by atoms with Crippen molar-refractivity contribution in [1.82, 2.24) is 8.75 Å². The summed E-state index contributed by atoms with van der Waals surface area (Å²) >= 11 is 1.18. The number of ether oxygens (including phenoxy) is 1. The number of aryl methyl sites for hydroxylation is 1. The van der Waals surface area contributed by atoms with E-state index in [-0.39, 0.29) is 5.91 Å². The Morgan fingerprint density at radius 3 is 2.52 bits per heavy atom. The number of nitrogens with zero attached hydrogens (tertiary/aromatic N) is 2. The number of carbonyl (C=O) groups is 1. The Bertz CT molecular complexity index is 1090. The van der Waals surface area contributed by atoms with E-state index in [1.165, 1.54) is 11.7 Å². The van der Waals surface area contributed by atoms with E-state index >= 15 is 0 Å². The van der Waals surface area contributed by atoms with Gasteiger partial charge in [0.1, 0.15) is 18.1 Å². The smallest absolute Gasteiger partial charge is 0.255 e. The van der Waals surface area contributed by atoms with Gasteiger partial charge in [-0.25, -0.2) is 0 Å². The van der Waals surface area contributed by atoms with Crippen molar-refractivity contribution in [2.45, 2.75) is 13.5 Å². The largest absolute Gasteiger partial charge is 0.487 e. The third-order valence-corrected chi connectivity index (χ3v) is 4.90. The van der Waals surface area contributed by atoms with Crippen LogP contribution in [0.3, 0.4) is 0 Å². The van der Waals surface area contributed by atoms with E-state index in [0.29, 0.717) is 17.9 Å². The average Bonchev–Trinajstić information content (AvgIpc) is 3.11. The van der Waals surface area contributed by atoms with Gasteiger partial charge in [0.15, 0.2) is 0 Å². The average molecular weight is 375 g/mol. The van der Waals surface area contributed by atoms with E-state index in [2.05, 4.69) is 14.1 Å². The molecule has 1 amide bonds. The predicted molar refractivity (Wildman–Crippen MR) is 107 cm³/mol. The van der Waals surface area contributed by atoms with E-state index in [9.17, 15) is 4.79 Å². The van der Waals surface area contributed by atoms with Gasteiger partial charge >= 0.3 is 0 Å². The zero-order valence-electron chi connectivity index (χ0n) is 14.7. The lowest BCUT2D eigenvalue weighted by atomic mass is 10.1. The number of hydrogen-bond donors (Lipinski definition) is 1. The van der Waals surface area contributed by atoms with Crippen LogP contribution in [0.5, 0.6) is 5.75 Å². The highest BCUT2D eigenvalue weighted by Crippen LogP contribution is 2.20. The van der Waals surface area contributed by atoms with E-state index in [1.807, 2.05) is 49.4 Å². The number of hydrogen-bond acceptors (Lipinski definition) is 5. The second kappa shape index (κ2) is 7.55. The van der Waals surface area contributed by atoms with Gasteiger partial charge in [0.05, 0.1) is 17.4 Å². The van der Waals surface area contributed by atoms with Crippen molar-refractivity contribution < 1.29 is 9.53 Å². The number of carbonyl (C=O) groups excluding carboxylic acids is 1. The van der Waals surface area contributed by atoms with Gasteiger partial charge < -0.3 is 10.1 Å². The lowest BCUT2D eigenvalue weighted by Crippen LogP contribution is -2.11. The molecule has 0 fully saturated rings. The Morgan fingerprint density at radius 1 is 1.00 bits per heavy atom. The molecule has 1 heterocycles. The Morgan fingerprint density at radius 2 is 1.78 bits per heavy atom. The molecule has 3 aromatic carbocycles. The molecule has 0 aliphatic heterocycles. The minimum atomic E-state index is -0.156. The summed E-state index contributed by atoms with van der Waals surface area (Å²) < 4.78 is 14.0. The van der Waals surface area contributed by atoms with Crippen molar-refractivity contribution in [2.75, 3.05) is 5.32 Å². The third kappa shape index (κ3) is 3.96. The monoisotopic (exact) mass is 375 g/mol. The maximum Gasteiger partial charge on any atom is 0.255 e. The maximum atomic E-state index is 12.5. The van der Waals surface area contributed by atoms with Crippen LogP contribution in [0.4, 0.5) is 5.69 Å². The molecule has 4 aromatic rings. The molecule has 1 aromatic heterocycles. The summed E-state index contributed by atoms with van der Waals surface area (Å²) in [6.45, 7) is 2.27. The minimum absolute atomic E-state index is 0.156. The number of fused-ring (bicyclic) bond motifs is 1. The SMILES string of the molecule is Cc1nsnc1COc1ccc(C(=O)Nc2ccc3ccccc3c2)cc1. The van der Waals surface area contributed by atoms with Crippen LogP contribution in [-0.2, 0) is 6.61 Å². The molecule has 6 heteroatoms. The van der Waals surface area contributed by atoms with Crippen molar-refractivity contribution in [2.24, 2.45) is 0 Å². The van der Waals surface area contributed by atoms with Crippen molar-refractivity contribution in [3.05, 3.63) is 83.7 Å². The topological polar surface area (TPSA) is 64.1 Å². The summed E-state index contributed by atoms with van der Waals surface area (Å²) in [4.78, 5) is 12.5. The normalized spacial score (nSPS) is 10.7. The number of benzene rings is 3. The van der Waals surface area contributed by atoms with Gasteiger partial charge in [0.25, 0.3) is 5.91 Å². The van der Waals surface area contributed by atoms with Crippen LogP contribution in [0.15, 0.2) is 66.7 Å². The van der Waals surface area contributed by atoms with E-state index in [4.69, 9.17) is 4.74 Å². The first-order valence-electron chi connectivity index (χ1n) is 8.50. The molecule has 27 heavy (non-hydrogen) atoms. The summed E-state index contributed by atoms with van der Waals surface area (Å²) in [7, 11) is 0. The molecule has 0 atom stereocenters. The lowest BCUT2D eigenvalue weighted by molar-refractivity contribution is 0.102. The number of amides is 1. The highest BCUT2D eigenvalue weighted by Gasteiger charge is 2.08. The van der Waals surface area contributed by atoms with Gasteiger partial charge in [-0.15, -0.1) is 0 Å². The molecule has 0 unspecified atom stereocenters. The van der Waals surface area contributed by atoms with Crippen molar-refractivity contribution in [1.29, 1.82) is 0 Å². The summed E-state index contributed by atoms with van der Waals surface area (Å²) in [6, 6.07) is 21.0. The fourth-order valence-electron chi connectivity index (χ4n) is 2.71. The molecule has 5 nitrogen and oxygen atoms in total. The minimum Gasteiger partial charge on any atom is -0.487 e. The molecule has 0 aliphatic rings. The zero-order chi connectivity index (χ0) is 18.6. The van der Waals surface area contributed by atoms with Crippen molar-refractivity contribution in [3.8, 4) is 5.75 Å². The number of anilines is 1. The van der Waals surface area contributed by atoms with Gasteiger partial charge in [-0.1, -0.05) is 30.3 Å². The second-order valence-electron chi connectivity index (χ2n) is 6.13. The molecule has 0 aliphatic carbocycles. The molecule has 0 spiro atoms. The van der Waals surface area contributed by atoms with Gasteiger partial charge in [-0.3, -0.25) is 4.79 Å². The lowest BCUT2D eigenvalue weighted by Gasteiger charge is -2.08. The first kappa shape index (κ1) is 17.2. The summed E-state index contributed by atoms with van der Waals surface area (Å²) in [5.74, 6) is 0.529. The molecule has 0 radical (unpaired) electrons. The van der Waals surface area contributed by atoms with Gasteiger partial charge in [0.2, 0.25) is 0 Å². The Labute approximate surface area is 161 Å². The first-order valence-corrected chi connectivity index (χ1v) is 9.23. The number of rotatable bonds is 5. The molecular formula is C21H17N3O2S. The number of aromatic nitrogens is 2. The highest BCUT2D eigenvalue weighted by molar-refractivity contribution is 6.99. The Hall–Kier alpha value is -3.25. The summed E-state index contributed by atoms with van der Waals surface area (Å²) in [5, 5.41) is 5.17. The standard InChI is InChI=1S/C21H17N3O2S/c1-14-20(24-27-23-14)13-26-19-10-7-16(8-11-19)21(25)22-18-9-6-15-4-2-3-5-17(15)12-18/h2-12H,13H2,1H3,(H,22,25). The summed E-state index contributed by atoms with van der Waals surface area (Å²) in [5.41, 5.74) is 3.05. The first-order chi connectivity index (χ1) is 13.2. The van der Waals surface area contributed by atoms with Crippen LogP contribution in [0.25, 0.3) is 10.8 Å². The molecule has 0 saturated carbocycles. The van der Waals surface area contributed by atoms with Crippen molar-refractivity contribution in [3.63, 3.8) is 0 Å². The van der Waals surface area contributed by atoms with E-state index < -0.39 is 0 Å². The van der Waals surface area contributed by atoms with Crippen LogP contribution in [0.2, 0.25) is 0 Å². The fourth-order valence-corrected chi connectivity index (χ4v) is 3.26. The van der Waals surface area contributed by atoms with E-state index in [1.54, 1.807) is 24.3 Å². The molecule has 134 valence electrons. The maximum absolute atomic E-state index is 12.5. The van der Waals surface area contributed by atoms with Crippen LogP contribution < -0.4 is 10.1 Å². The van der Waals surface area contributed by atoms with Crippen LogP contribution >= 0.6 is 11.7 Å². The Balaban J connectivity index is 1.41. The molecule has 4 rings (SSSR count). The van der Waals surface area contributed by atoms with Gasteiger partial charge in [-0.2, -0.15) is 8.75 Å². The fraction of sp³-hybridized carbons (Fsp3) is 0.0952. The quantitative estimate of drug-likeness (QED) is 0.543. The highest BCUT2D eigenvalue weighted by atomic mass is 32.1. The van der Waals surface area contributed by atoms with Crippen molar-refractivity contribution >= 4 is 34.1 Å². The third-order valence-electron chi connectivity index (χ3n) is 4.25. The zero-order valence-corrected chi connectivity index (χ0v) is 15.5. The van der Waals surface area contributed by atoms with Gasteiger partial charge in [0, 0.05) is 11.3 Å². The van der Waals surface area contributed by atoms with Crippen LogP contribution in [-0.4, -0.2) is 14.7 Å².